The summed E-state index contributed by atoms with van der Waals surface area (Å²) in [5, 5.41) is 2.64. The van der Waals surface area contributed by atoms with Gasteiger partial charge in [0.25, 0.3) is 0 Å². The molecule has 54 heavy (non-hydrogen) atoms. The van der Waals surface area contributed by atoms with Gasteiger partial charge in [-0.05, 0) is 105 Å². The third kappa shape index (κ3) is 4.93. The van der Waals surface area contributed by atoms with Crippen LogP contribution in [0.15, 0.2) is 182 Å². The highest BCUT2D eigenvalue weighted by Crippen LogP contribution is 2.64. The number of anilines is 2. The first-order valence-electron chi connectivity index (χ1n) is 18.3. The first-order valence-corrected chi connectivity index (χ1v) is 19.1. The Kier molecular flexibility index (Phi) is 7.13. The summed E-state index contributed by atoms with van der Waals surface area (Å²) in [6.07, 6.45) is 3.63. The van der Waals surface area contributed by atoms with E-state index in [1.165, 1.54) is 59.7 Å². The average Bonchev–Trinajstić information content (AvgIpc) is 3.81. The summed E-state index contributed by atoms with van der Waals surface area (Å²) in [5.74, 6) is 0.210. The number of para-hydroxylation sites is 1. The van der Waals surface area contributed by atoms with Gasteiger partial charge >= 0.3 is 0 Å². The molecule has 0 amide bonds. The van der Waals surface area contributed by atoms with E-state index in [1.54, 1.807) is 0 Å². The molecule has 2 aliphatic heterocycles. The molecule has 0 spiro atoms. The van der Waals surface area contributed by atoms with Gasteiger partial charge < -0.3 is 4.90 Å². The second-order valence-electron chi connectivity index (χ2n) is 14.0. The summed E-state index contributed by atoms with van der Waals surface area (Å²) < 4.78 is 1.31. The normalized spacial score (nSPS) is 15.4. The van der Waals surface area contributed by atoms with E-state index in [9.17, 15) is 0 Å². The predicted octanol–water partition coefficient (Wildman–Crippen LogP) is 12.8. The van der Waals surface area contributed by atoms with Gasteiger partial charge in [0.15, 0.2) is 0 Å². The highest BCUT2D eigenvalue weighted by Gasteiger charge is 2.46. The maximum atomic E-state index is 5.01. The van der Waals surface area contributed by atoms with Gasteiger partial charge in [-0.1, -0.05) is 109 Å². The van der Waals surface area contributed by atoms with Crippen molar-refractivity contribution in [1.29, 1.82) is 0 Å². The Hall–Kier alpha value is -6.69. The minimum Gasteiger partial charge on any atom is -0.324 e. The maximum Gasteiger partial charge on any atom is 0.105 e. The summed E-state index contributed by atoms with van der Waals surface area (Å²) in [5.41, 5.74) is 15.9. The minimum absolute atomic E-state index is 0.146. The van der Waals surface area contributed by atoms with Crippen molar-refractivity contribution >= 4 is 32.1 Å². The first-order chi connectivity index (χ1) is 26.8. The second kappa shape index (κ2) is 12.5. The molecule has 0 saturated heterocycles. The van der Waals surface area contributed by atoms with Crippen LogP contribution in [0.1, 0.15) is 28.7 Å². The number of hydrogen-bond donors (Lipinski definition) is 0. The quantitative estimate of drug-likeness (QED) is 0.178. The van der Waals surface area contributed by atoms with E-state index >= 15 is 0 Å². The summed E-state index contributed by atoms with van der Waals surface area (Å²) in [6, 6.07) is 61.3. The van der Waals surface area contributed by atoms with Gasteiger partial charge in [-0.25, -0.2) is 4.98 Å². The predicted molar refractivity (Wildman–Crippen MR) is 222 cm³/mol. The molecule has 6 heterocycles. The number of hydrogen-bond acceptors (Lipinski definition) is 5. The molecule has 0 fully saturated rings. The molecule has 2 unspecified atom stereocenters. The molecule has 0 bridgehead atoms. The third-order valence-corrected chi connectivity index (χ3v) is 12.1. The molecule has 254 valence electrons. The Morgan fingerprint density at radius 2 is 1.15 bits per heavy atom. The third-order valence-electron chi connectivity index (χ3n) is 10.9. The SMILES string of the molecule is c1ccc(C2c3ccccc3N3c4sc5ccccc5c4-c4cc(-c5cccc(-c6cc(-c7ccccn7)nc(-c7ccccn7)c6)c5)ccc4C23)cc1. The highest BCUT2D eigenvalue weighted by molar-refractivity contribution is 7.23. The Labute approximate surface area is 317 Å². The van der Waals surface area contributed by atoms with E-state index < -0.39 is 0 Å². The number of fused-ring (bicyclic) bond motifs is 10. The van der Waals surface area contributed by atoms with Crippen molar-refractivity contribution in [2.24, 2.45) is 0 Å². The lowest BCUT2D eigenvalue weighted by molar-refractivity contribution is 0.657. The molecule has 0 N–H and O–H groups in total. The monoisotopic (exact) mass is 708 g/mol. The number of thiophene rings is 1. The smallest absolute Gasteiger partial charge is 0.105 e. The average molecular weight is 709 g/mol. The van der Waals surface area contributed by atoms with E-state index in [1.807, 2.05) is 60.1 Å². The van der Waals surface area contributed by atoms with Crippen LogP contribution in [0.2, 0.25) is 0 Å². The number of aromatic nitrogens is 3. The summed E-state index contributed by atoms with van der Waals surface area (Å²) in [7, 11) is 0. The molecule has 0 aliphatic carbocycles. The van der Waals surface area contributed by atoms with Crippen LogP contribution in [-0.2, 0) is 0 Å². The van der Waals surface area contributed by atoms with Crippen LogP contribution in [0.4, 0.5) is 10.7 Å². The fraction of sp³-hybridized carbons (Fsp3) is 0.0408. The van der Waals surface area contributed by atoms with E-state index in [2.05, 4.69) is 148 Å². The molecule has 5 aromatic carbocycles. The first kappa shape index (κ1) is 30.9. The fourth-order valence-electron chi connectivity index (χ4n) is 8.55. The summed E-state index contributed by atoms with van der Waals surface area (Å²) in [4.78, 5) is 16.9. The number of nitrogens with zero attached hydrogens (tertiary/aromatic N) is 4. The van der Waals surface area contributed by atoms with Gasteiger partial charge in [-0.2, -0.15) is 0 Å². The van der Waals surface area contributed by atoms with E-state index in [4.69, 9.17) is 4.98 Å². The number of rotatable bonds is 5. The van der Waals surface area contributed by atoms with Gasteiger partial charge in [0.2, 0.25) is 0 Å². The molecule has 4 nitrogen and oxygen atoms in total. The van der Waals surface area contributed by atoms with Crippen molar-refractivity contribution in [3.8, 4) is 56.2 Å². The van der Waals surface area contributed by atoms with Crippen LogP contribution in [0.5, 0.6) is 0 Å². The number of benzene rings is 5. The van der Waals surface area contributed by atoms with Crippen molar-refractivity contribution in [1.82, 2.24) is 15.0 Å². The molecule has 4 aromatic heterocycles. The largest absolute Gasteiger partial charge is 0.324 e. The molecule has 0 saturated carbocycles. The van der Waals surface area contributed by atoms with Gasteiger partial charge in [0, 0.05) is 39.6 Å². The van der Waals surface area contributed by atoms with Crippen LogP contribution in [0.25, 0.3) is 66.2 Å². The van der Waals surface area contributed by atoms with Crippen molar-refractivity contribution in [3.63, 3.8) is 0 Å². The topological polar surface area (TPSA) is 41.9 Å². The minimum atomic E-state index is 0.146. The van der Waals surface area contributed by atoms with Crippen LogP contribution in [0, 0.1) is 0 Å². The zero-order valence-electron chi connectivity index (χ0n) is 29.2. The Morgan fingerprint density at radius 1 is 0.481 bits per heavy atom. The van der Waals surface area contributed by atoms with Crippen LogP contribution < -0.4 is 4.90 Å². The highest BCUT2D eigenvalue weighted by atomic mass is 32.1. The van der Waals surface area contributed by atoms with Crippen LogP contribution in [0.3, 0.4) is 0 Å². The van der Waals surface area contributed by atoms with E-state index in [-0.39, 0.29) is 12.0 Å². The van der Waals surface area contributed by atoms with Gasteiger partial charge in [-0.15, -0.1) is 11.3 Å². The van der Waals surface area contributed by atoms with Crippen LogP contribution >= 0.6 is 11.3 Å². The van der Waals surface area contributed by atoms with Gasteiger partial charge in [0.05, 0.1) is 28.8 Å². The maximum absolute atomic E-state index is 5.01. The van der Waals surface area contributed by atoms with E-state index in [0.717, 1.165) is 33.9 Å². The lowest BCUT2D eigenvalue weighted by Gasteiger charge is -2.36. The van der Waals surface area contributed by atoms with Crippen molar-refractivity contribution in [2.75, 3.05) is 4.90 Å². The Morgan fingerprint density at radius 3 is 1.91 bits per heavy atom. The summed E-state index contributed by atoms with van der Waals surface area (Å²) >= 11 is 1.91. The molecule has 5 heteroatoms. The molecule has 11 rings (SSSR count). The lowest BCUT2D eigenvalue weighted by Crippen LogP contribution is -2.26. The number of pyridine rings is 3. The summed E-state index contributed by atoms with van der Waals surface area (Å²) in [6.45, 7) is 0. The molecule has 0 radical (unpaired) electrons. The van der Waals surface area contributed by atoms with Crippen molar-refractivity contribution < 1.29 is 0 Å². The van der Waals surface area contributed by atoms with Crippen molar-refractivity contribution in [2.45, 2.75) is 12.0 Å². The molecule has 2 atom stereocenters. The molecule has 9 aromatic rings. The van der Waals surface area contributed by atoms with Crippen LogP contribution in [-0.4, -0.2) is 15.0 Å². The lowest BCUT2D eigenvalue weighted by atomic mass is 9.79. The molecular weight excluding hydrogens is 677 g/mol. The zero-order chi connectivity index (χ0) is 35.6. The van der Waals surface area contributed by atoms with Crippen molar-refractivity contribution in [3.05, 3.63) is 199 Å². The van der Waals surface area contributed by atoms with Gasteiger partial charge in [0.1, 0.15) is 5.00 Å². The fourth-order valence-corrected chi connectivity index (χ4v) is 9.82. The molecular formula is C49H32N4S. The van der Waals surface area contributed by atoms with E-state index in [0.29, 0.717) is 0 Å². The second-order valence-corrected chi connectivity index (χ2v) is 15.0. The molecule has 2 aliphatic rings. The zero-order valence-corrected chi connectivity index (χ0v) is 30.0. The Balaban J connectivity index is 1.08. The standard InChI is InChI=1S/C49H32N4S/c1-2-13-31(14-3-1)46-37-17-4-6-21-44(37)53-48(46)36-24-23-34(28-39(36)47-38-18-5-7-22-45(38)54-49(47)53)32-15-12-16-33(27-32)35-29-42(40-19-8-10-25-50-40)52-43(30-35)41-20-9-11-26-51-41/h1-30,46,48H. The van der Waals surface area contributed by atoms with Gasteiger partial charge in [-0.3, -0.25) is 9.97 Å². The Bertz CT molecular complexity index is 2790.